The second kappa shape index (κ2) is 69.3. The van der Waals surface area contributed by atoms with Crippen molar-refractivity contribution in [1.29, 1.82) is 0 Å². The number of hydrogen-bond acceptors (Lipinski definition) is 31. The SMILES string of the molecule is CC(=O)O.CC(=O)O.CC(=O)O.CC(=O)O.CC(=O)O.CC(=O)O.CC(=O)O.CC(=O)O.CC(=O)O.CCOC(=O)C(C(CCO)(CCO)C(CCO)(CCO)OCCO)(C(CCO)(CCO)C(CCO)(CCO)OCCO)C(CCO)(CCO)C(CCO)(CC(O)(CCO)CCO)OCCO. The highest BCUT2D eigenvalue weighted by Gasteiger charge is 2.85. The lowest BCUT2D eigenvalue weighted by Crippen LogP contribution is -2.82. The van der Waals surface area contributed by atoms with Crippen LogP contribution in [0.25, 0.3) is 0 Å². The van der Waals surface area contributed by atoms with Crippen LogP contribution in [-0.2, 0) is 66.9 Å². The van der Waals surface area contributed by atoms with Gasteiger partial charge in [0.05, 0.1) is 74.1 Å². The van der Waals surface area contributed by atoms with Crippen LogP contribution in [0.15, 0.2) is 0 Å². The Morgan fingerprint density at radius 3 is 0.569 bits per heavy atom. The Morgan fingerprint density at radius 1 is 0.255 bits per heavy atom. The Morgan fingerprint density at radius 2 is 0.412 bits per heavy atom. The molecule has 0 aliphatic rings. The molecule has 0 aliphatic carbocycles. The average molecular weight is 1510 g/mol. The summed E-state index contributed by atoms with van der Waals surface area (Å²) in [5.41, 5.74) is -20.2. The molecule has 0 spiro atoms. The van der Waals surface area contributed by atoms with Gasteiger partial charge in [-0.15, -0.1) is 0 Å². The predicted molar refractivity (Wildman–Crippen MR) is 355 cm³/mol. The summed E-state index contributed by atoms with van der Waals surface area (Å²) in [6.45, 7) is -5.07. The lowest BCUT2D eigenvalue weighted by Gasteiger charge is -2.76. The van der Waals surface area contributed by atoms with Gasteiger partial charge >= 0.3 is 5.97 Å². The fraction of sp³-hybridized carbons (Fsp3) is 0.839. The molecule has 0 aliphatic heterocycles. The normalized spacial score (nSPS) is 11.6. The van der Waals surface area contributed by atoms with E-state index in [-0.39, 0.29) is 0 Å². The number of carbonyl (C=O) groups is 10. The molecule has 612 valence electrons. The molecule has 0 heterocycles. The maximum Gasteiger partial charge on any atom is 0.314 e. The standard InChI is InChI=1S/C44H88O22.9C2H4O2/c1-2-63-36(61)44(38(5-18-47,6-19-48)41(11-24-53,12-25-54)64-32-29-58,39(7-20-49,8-21-50)42(13-26-55,14-27-56)65-33-30-59)40(9-22-51,10-23-52)43(15-28-57,66-34-31-60)35-37(62,3-16-45)4-17-46;9*1-2(3)4/h45-60,62H,2-35H2,1H3;9*1H3,(H,3,4). The molecular formula is C62H124O40. The van der Waals surface area contributed by atoms with E-state index in [1.54, 1.807) is 0 Å². The van der Waals surface area contributed by atoms with E-state index in [4.69, 9.17) is 108 Å². The van der Waals surface area contributed by atoms with Gasteiger partial charge < -0.3 is 152 Å². The molecule has 102 heavy (non-hydrogen) atoms. The highest BCUT2D eigenvalue weighted by Crippen LogP contribution is 2.79. The Kier molecular flexibility index (Phi) is 79.5. The minimum atomic E-state index is -3.06. The second-order valence-corrected chi connectivity index (χ2v) is 21.6. The Bertz CT molecular complexity index is 1850. The largest absolute Gasteiger partial charge is 0.481 e. The Labute approximate surface area is 593 Å². The van der Waals surface area contributed by atoms with Crippen molar-refractivity contribution in [2.75, 3.05) is 132 Å². The molecule has 0 bridgehead atoms. The molecule has 0 amide bonds. The van der Waals surface area contributed by atoms with E-state index in [0.29, 0.717) is 0 Å². The molecule has 0 saturated carbocycles. The van der Waals surface area contributed by atoms with Crippen LogP contribution >= 0.6 is 0 Å². The third kappa shape index (κ3) is 48.0. The van der Waals surface area contributed by atoms with Crippen LogP contribution in [0.5, 0.6) is 0 Å². The number of carboxylic acids is 9. The van der Waals surface area contributed by atoms with Gasteiger partial charge in [-0.1, -0.05) is 0 Å². The van der Waals surface area contributed by atoms with Crippen LogP contribution < -0.4 is 0 Å². The van der Waals surface area contributed by atoms with Crippen molar-refractivity contribution in [3.05, 3.63) is 0 Å². The Hall–Kier alpha value is -6.10. The smallest absolute Gasteiger partial charge is 0.314 e. The van der Waals surface area contributed by atoms with E-state index in [2.05, 4.69) is 0 Å². The van der Waals surface area contributed by atoms with Crippen LogP contribution in [0, 0.1) is 21.7 Å². The van der Waals surface area contributed by atoms with E-state index in [9.17, 15) is 86.8 Å². The zero-order chi connectivity index (χ0) is 82.6. The Balaban J connectivity index is -0.000000239. The van der Waals surface area contributed by atoms with Gasteiger partial charge in [0.1, 0.15) is 0 Å². The average Bonchev–Trinajstić information content (AvgIpc) is 0.646. The summed E-state index contributed by atoms with van der Waals surface area (Å²) in [5, 5.41) is 257. The molecule has 1 unspecified atom stereocenters. The molecule has 40 nitrogen and oxygen atoms in total. The maximum absolute atomic E-state index is 17.0. The van der Waals surface area contributed by atoms with E-state index < -0.39 is 326 Å². The van der Waals surface area contributed by atoms with Crippen molar-refractivity contribution in [3.8, 4) is 0 Å². The zero-order valence-electron chi connectivity index (χ0n) is 60.4. The van der Waals surface area contributed by atoms with E-state index >= 15 is 4.79 Å². The predicted octanol–water partition coefficient (Wildman–Crippen LogP) is -3.35. The van der Waals surface area contributed by atoms with Gasteiger partial charge in [0, 0.05) is 203 Å². The number of aliphatic carboxylic acids is 9. The molecule has 26 N–H and O–H groups in total. The first-order valence-electron chi connectivity index (χ1n) is 31.6. The molecule has 0 aromatic carbocycles. The van der Waals surface area contributed by atoms with Crippen LogP contribution in [0.2, 0.25) is 0 Å². The summed E-state index contributed by atoms with van der Waals surface area (Å²) < 4.78 is 26.3. The quantitative estimate of drug-likeness (QED) is 0.0265. The van der Waals surface area contributed by atoms with Crippen LogP contribution in [0.1, 0.15) is 159 Å². The molecule has 0 radical (unpaired) electrons. The minimum absolute atomic E-state index is 0.504. The highest BCUT2D eigenvalue weighted by molar-refractivity contribution is 5.82. The van der Waals surface area contributed by atoms with Crippen molar-refractivity contribution in [2.45, 2.75) is 182 Å². The topological polar surface area (TPSA) is 734 Å². The molecular weight excluding hydrogens is 1380 g/mol. The number of carbonyl (C=O) groups excluding carboxylic acids is 1. The molecule has 0 rings (SSSR count). The fourth-order valence-corrected chi connectivity index (χ4v) is 12.6. The summed E-state index contributed by atoms with van der Waals surface area (Å²) >= 11 is 0. The summed E-state index contributed by atoms with van der Waals surface area (Å²) in [4.78, 5) is 98.0. The van der Waals surface area contributed by atoms with Gasteiger partial charge in [-0.25, -0.2) is 0 Å². The number of aliphatic hydroxyl groups is 17. The number of esters is 1. The molecule has 0 fully saturated rings. The van der Waals surface area contributed by atoms with Gasteiger partial charge in [-0.05, 0) is 58.3 Å². The van der Waals surface area contributed by atoms with Gasteiger partial charge in [0.25, 0.3) is 53.7 Å². The third-order valence-corrected chi connectivity index (χ3v) is 14.3. The van der Waals surface area contributed by atoms with Crippen LogP contribution in [-0.4, -0.2) is 347 Å². The second-order valence-electron chi connectivity index (χ2n) is 21.6. The van der Waals surface area contributed by atoms with Gasteiger partial charge in [0.2, 0.25) is 0 Å². The van der Waals surface area contributed by atoms with E-state index in [0.717, 1.165) is 62.3 Å². The van der Waals surface area contributed by atoms with Gasteiger partial charge in [-0.3, -0.25) is 47.9 Å². The molecule has 0 aromatic rings. The number of ether oxygens (including phenoxy) is 4. The summed E-state index contributed by atoms with van der Waals surface area (Å²) in [5.74, 6) is -8.88. The van der Waals surface area contributed by atoms with Crippen molar-refractivity contribution >= 4 is 59.7 Å². The highest BCUT2D eigenvalue weighted by atomic mass is 16.5. The number of carboxylic acid groups (broad SMARTS) is 9. The van der Waals surface area contributed by atoms with Crippen molar-refractivity contribution in [2.24, 2.45) is 21.7 Å². The van der Waals surface area contributed by atoms with Crippen LogP contribution in [0.3, 0.4) is 0 Å². The molecule has 0 aromatic heterocycles. The maximum atomic E-state index is 17.0. The van der Waals surface area contributed by atoms with Gasteiger partial charge in [-0.2, -0.15) is 0 Å². The molecule has 0 saturated heterocycles. The third-order valence-electron chi connectivity index (χ3n) is 14.3. The molecule has 1 atom stereocenters. The fourth-order valence-electron chi connectivity index (χ4n) is 12.6. The first-order valence-corrected chi connectivity index (χ1v) is 31.6. The number of aliphatic hydroxyl groups excluding tert-OH is 16. The summed E-state index contributed by atoms with van der Waals surface area (Å²) in [7, 11) is 0. The van der Waals surface area contributed by atoms with Crippen molar-refractivity contribution < 1.29 is 200 Å². The van der Waals surface area contributed by atoms with E-state index in [1.807, 2.05) is 0 Å². The summed E-state index contributed by atoms with van der Waals surface area (Å²) in [6.07, 6.45) is -9.61. The lowest BCUT2D eigenvalue weighted by molar-refractivity contribution is -0.361. The zero-order valence-corrected chi connectivity index (χ0v) is 60.4. The lowest BCUT2D eigenvalue weighted by atomic mass is 9.28. The number of hydrogen-bond donors (Lipinski definition) is 26. The van der Waals surface area contributed by atoms with E-state index in [1.165, 1.54) is 6.92 Å². The minimum Gasteiger partial charge on any atom is -0.481 e. The van der Waals surface area contributed by atoms with Crippen molar-refractivity contribution in [3.63, 3.8) is 0 Å². The van der Waals surface area contributed by atoms with Crippen molar-refractivity contribution in [1.82, 2.24) is 0 Å². The molecule has 40 heteroatoms. The first-order chi connectivity index (χ1) is 47.2. The van der Waals surface area contributed by atoms with Gasteiger partial charge in [0.15, 0.2) is 0 Å². The summed E-state index contributed by atoms with van der Waals surface area (Å²) in [6, 6.07) is 0. The first kappa shape index (κ1) is 117. The monoisotopic (exact) mass is 1510 g/mol. The number of rotatable bonds is 45. The van der Waals surface area contributed by atoms with Crippen LogP contribution in [0.4, 0.5) is 0 Å².